The molecule has 1 N–H and O–H groups in total. The number of hydrogen-bond acceptors (Lipinski definition) is 4. The number of ether oxygens (including phenoxy) is 1. The van der Waals surface area contributed by atoms with Crippen molar-refractivity contribution >= 4 is 17.2 Å². The molecule has 0 unspecified atom stereocenters. The number of benzene rings is 1. The van der Waals surface area contributed by atoms with E-state index in [9.17, 15) is 4.79 Å². The van der Waals surface area contributed by atoms with Crippen LogP contribution in [0.4, 0.5) is 0 Å². The van der Waals surface area contributed by atoms with Gasteiger partial charge in [-0.1, -0.05) is 18.2 Å². The summed E-state index contributed by atoms with van der Waals surface area (Å²) in [6.45, 7) is 3.40. The van der Waals surface area contributed by atoms with Crippen LogP contribution in [0.5, 0.6) is 0 Å². The second kappa shape index (κ2) is 8.71. The minimum atomic E-state index is -0.0879. The molecule has 28 heavy (non-hydrogen) atoms. The van der Waals surface area contributed by atoms with Crippen molar-refractivity contribution in [1.82, 2.24) is 15.1 Å². The molecule has 5 nitrogen and oxygen atoms in total. The number of aromatic nitrogens is 2. The quantitative estimate of drug-likeness (QED) is 0.615. The van der Waals surface area contributed by atoms with Crippen molar-refractivity contribution in [1.29, 1.82) is 0 Å². The lowest BCUT2D eigenvalue weighted by Crippen LogP contribution is -2.28. The van der Waals surface area contributed by atoms with E-state index in [1.54, 1.807) is 11.3 Å². The minimum absolute atomic E-state index is 0.0583. The van der Waals surface area contributed by atoms with Gasteiger partial charge in [0.1, 0.15) is 6.10 Å². The van der Waals surface area contributed by atoms with E-state index in [4.69, 9.17) is 4.74 Å². The fraction of sp³-hybridized carbons (Fsp3) is 0.364. The van der Waals surface area contributed by atoms with Gasteiger partial charge in [-0.3, -0.25) is 4.79 Å². The lowest BCUT2D eigenvalue weighted by Gasteiger charge is -2.22. The second-order valence-corrected chi connectivity index (χ2v) is 8.04. The number of aryl methyl sites for hydroxylation is 2. The predicted octanol–water partition coefficient (Wildman–Crippen LogP) is 4.00. The van der Waals surface area contributed by atoms with Crippen LogP contribution >= 0.6 is 11.3 Å². The zero-order valence-corrected chi connectivity index (χ0v) is 16.9. The molecule has 2 aromatic heterocycles. The molecular formula is C22H25N3O2S. The number of thiophene rings is 1. The van der Waals surface area contributed by atoms with Crippen LogP contribution in [0.1, 0.15) is 40.6 Å². The van der Waals surface area contributed by atoms with Crippen LogP contribution in [-0.2, 0) is 22.4 Å². The fourth-order valence-corrected chi connectivity index (χ4v) is 4.58. The standard InChI is InChI=1S/C22H25N3O2S/c1-16-18(15-25(24-16)19-7-3-2-4-8-19)6-5-11-23-21(26)14-20-22-17(9-12-27-20)10-13-28-22/h2-4,7-8,10,13,15,20H,5-6,9,11-12,14H2,1H3,(H,23,26)/t20-/m0/s1. The van der Waals surface area contributed by atoms with Gasteiger partial charge in [-0.05, 0) is 60.9 Å². The number of para-hydroxylation sites is 1. The maximum absolute atomic E-state index is 12.3. The van der Waals surface area contributed by atoms with Crippen molar-refractivity contribution in [3.63, 3.8) is 0 Å². The van der Waals surface area contributed by atoms with Gasteiger partial charge in [0, 0.05) is 17.6 Å². The van der Waals surface area contributed by atoms with Crippen LogP contribution in [0.15, 0.2) is 48.0 Å². The number of amides is 1. The summed E-state index contributed by atoms with van der Waals surface area (Å²) in [5.74, 6) is 0.0583. The molecule has 0 radical (unpaired) electrons. The molecule has 6 heteroatoms. The topological polar surface area (TPSA) is 56.2 Å². The molecule has 1 amide bonds. The summed E-state index contributed by atoms with van der Waals surface area (Å²) in [4.78, 5) is 13.5. The third-order valence-electron chi connectivity index (χ3n) is 5.10. The Balaban J connectivity index is 1.24. The monoisotopic (exact) mass is 395 g/mol. The van der Waals surface area contributed by atoms with Crippen molar-refractivity contribution in [2.75, 3.05) is 13.2 Å². The summed E-state index contributed by atoms with van der Waals surface area (Å²) in [5.41, 5.74) is 4.65. The highest BCUT2D eigenvalue weighted by molar-refractivity contribution is 7.10. The molecule has 1 aliphatic heterocycles. The molecule has 0 fully saturated rings. The first kappa shape index (κ1) is 18.9. The van der Waals surface area contributed by atoms with E-state index in [-0.39, 0.29) is 12.0 Å². The molecule has 1 aliphatic rings. The molecule has 0 bridgehead atoms. The average Bonchev–Trinajstić information content (AvgIpc) is 3.33. The van der Waals surface area contributed by atoms with Crippen LogP contribution in [-0.4, -0.2) is 28.8 Å². The Morgan fingerprint density at radius 2 is 2.18 bits per heavy atom. The fourth-order valence-electron chi connectivity index (χ4n) is 3.58. The lowest BCUT2D eigenvalue weighted by molar-refractivity contribution is -0.124. The SMILES string of the molecule is Cc1nn(-c2ccccc2)cc1CCCNC(=O)C[C@@H]1OCCc2ccsc21. The molecule has 0 aliphatic carbocycles. The van der Waals surface area contributed by atoms with Crippen molar-refractivity contribution in [3.05, 3.63) is 69.7 Å². The highest BCUT2D eigenvalue weighted by Crippen LogP contribution is 2.33. The molecule has 3 heterocycles. The van der Waals surface area contributed by atoms with Crippen LogP contribution in [0.2, 0.25) is 0 Å². The summed E-state index contributed by atoms with van der Waals surface area (Å²) in [5, 5.41) is 9.73. The van der Waals surface area contributed by atoms with Crippen LogP contribution < -0.4 is 5.32 Å². The van der Waals surface area contributed by atoms with Gasteiger partial charge in [0.15, 0.2) is 0 Å². The molecule has 0 saturated heterocycles. The molecule has 4 rings (SSSR count). The molecule has 1 aromatic carbocycles. The lowest BCUT2D eigenvalue weighted by atomic mass is 10.1. The van der Waals surface area contributed by atoms with Gasteiger partial charge >= 0.3 is 0 Å². The number of nitrogens with one attached hydrogen (secondary N) is 1. The van der Waals surface area contributed by atoms with Gasteiger partial charge in [-0.2, -0.15) is 5.10 Å². The van der Waals surface area contributed by atoms with Crippen molar-refractivity contribution < 1.29 is 9.53 Å². The number of fused-ring (bicyclic) bond motifs is 1. The Hall–Kier alpha value is -2.44. The normalized spacial score (nSPS) is 16.0. The molecule has 146 valence electrons. The molecule has 1 atom stereocenters. The highest BCUT2D eigenvalue weighted by atomic mass is 32.1. The molecular weight excluding hydrogens is 370 g/mol. The summed E-state index contributed by atoms with van der Waals surface area (Å²) in [7, 11) is 0. The molecule has 0 spiro atoms. The Kier molecular flexibility index (Phi) is 5.88. The molecule has 0 saturated carbocycles. The number of hydrogen-bond donors (Lipinski definition) is 1. The Morgan fingerprint density at radius 3 is 3.04 bits per heavy atom. The zero-order chi connectivity index (χ0) is 19.3. The Morgan fingerprint density at radius 1 is 1.32 bits per heavy atom. The van der Waals surface area contributed by atoms with Crippen LogP contribution in [0.3, 0.4) is 0 Å². The van der Waals surface area contributed by atoms with Gasteiger partial charge in [-0.15, -0.1) is 11.3 Å². The number of carbonyl (C=O) groups excluding carboxylic acids is 1. The average molecular weight is 396 g/mol. The predicted molar refractivity (Wildman–Crippen MR) is 111 cm³/mol. The third-order valence-corrected chi connectivity index (χ3v) is 6.15. The van der Waals surface area contributed by atoms with Crippen LogP contribution in [0, 0.1) is 6.92 Å². The third kappa shape index (κ3) is 4.34. The maximum atomic E-state index is 12.3. The summed E-state index contributed by atoms with van der Waals surface area (Å²) in [6.07, 6.45) is 5.14. The largest absolute Gasteiger partial charge is 0.372 e. The van der Waals surface area contributed by atoms with Gasteiger partial charge in [0.05, 0.1) is 24.4 Å². The minimum Gasteiger partial charge on any atom is -0.372 e. The highest BCUT2D eigenvalue weighted by Gasteiger charge is 2.24. The van der Waals surface area contributed by atoms with Gasteiger partial charge < -0.3 is 10.1 Å². The first-order valence-electron chi connectivity index (χ1n) is 9.76. The number of rotatable bonds is 7. The zero-order valence-electron chi connectivity index (χ0n) is 16.1. The van der Waals surface area contributed by atoms with Crippen molar-refractivity contribution in [3.8, 4) is 5.69 Å². The van der Waals surface area contributed by atoms with Crippen molar-refractivity contribution in [2.45, 2.75) is 38.7 Å². The first-order valence-corrected chi connectivity index (χ1v) is 10.6. The van der Waals surface area contributed by atoms with Crippen molar-refractivity contribution in [2.24, 2.45) is 0 Å². The van der Waals surface area contributed by atoms with Gasteiger partial charge in [-0.25, -0.2) is 4.68 Å². The maximum Gasteiger partial charge on any atom is 0.223 e. The molecule has 3 aromatic rings. The van der Waals surface area contributed by atoms with E-state index in [0.717, 1.165) is 30.6 Å². The summed E-state index contributed by atoms with van der Waals surface area (Å²) in [6, 6.07) is 12.3. The van der Waals surface area contributed by atoms with E-state index in [0.29, 0.717) is 19.6 Å². The first-order chi connectivity index (χ1) is 13.7. The summed E-state index contributed by atoms with van der Waals surface area (Å²) < 4.78 is 7.73. The van der Waals surface area contributed by atoms with E-state index >= 15 is 0 Å². The van der Waals surface area contributed by atoms with E-state index in [2.05, 4.69) is 28.1 Å². The van der Waals surface area contributed by atoms with Gasteiger partial charge in [0.2, 0.25) is 5.91 Å². The van der Waals surface area contributed by atoms with E-state index < -0.39 is 0 Å². The number of nitrogens with zero attached hydrogens (tertiary/aromatic N) is 2. The summed E-state index contributed by atoms with van der Waals surface area (Å²) >= 11 is 1.69. The number of carbonyl (C=O) groups is 1. The van der Waals surface area contributed by atoms with E-state index in [1.807, 2.05) is 41.9 Å². The second-order valence-electron chi connectivity index (χ2n) is 7.10. The smallest absolute Gasteiger partial charge is 0.223 e. The van der Waals surface area contributed by atoms with E-state index in [1.165, 1.54) is 16.0 Å². The Bertz CT molecular complexity index is 932. The van der Waals surface area contributed by atoms with Gasteiger partial charge in [0.25, 0.3) is 0 Å². The van der Waals surface area contributed by atoms with Crippen LogP contribution in [0.25, 0.3) is 5.69 Å². The Labute approximate surface area is 169 Å².